The Morgan fingerprint density at radius 3 is 2.57 bits per heavy atom. The molecule has 0 radical (unpaired) electrons. The quantitative estimate of drug-likeness (QED) is 0.786. The smallest absolute Gasteiger partial charge is 0.163 e. The third-order valence-corrected chi connectivity index (χ3v) is 4.14. The maximum atomic E-state index is 14.1. The van der Waals surface area contributed by atoms with E-state index in [0.717, 1.165) is 19.0 Å². The van der Waals surface area contributed by atoms with Gasteiger partial charge in [0.15, 0.2) is 11.6 Å². The molecule has 1 aromatic carbocycles. The van der Waals surface area contributed by atoms with E-state index in [9.17, 15) is 8.78 Å². The molecule has 1 aliphatic rings. The predicted octanol–water partition coefficient (Wildman–Crippen LogP) is 3.74. The summed E-state index contributed by atoms with van der Waals surface area (Å²) >= 11 is 0. The Kier molecular flexibility index (Phi) is 5.71. The molecule has 1 saturated carbocycles. The van der Waals surface area contributed by atoms with E-state index in [4.69, 9.17) is 0 Å². The van der Waals surface area contributed by atoms with Crippen LogP contribution >= 0.6 is 0 Å². The predicted molar refractivity (Wildman–Crippen MR) is 82.2 cm³/mol. The van der Waals surface area contributed by atoms with Gasteiger partial charge in [0.1, 0.15) is 0 Å². The maximum absolute atomic E-state index is 14.1. The molecule has 118 valence electrons. The number of nitrogens with zero attached hydrogens (tertiary/aromatic N) is 1. The summed E-state index contributed by atoms with van der Waals surface area (Å²) in [5.41, 5.74) is 0.429. The summed E-state index contributed by atoms with van der Waals surface area (Å²) in [7, 11) is 0. The van der Waals surface area contributed by atoms with Gasteiger partial charge < -0.3 is 5.32 Å². The Bertz CT molecular complexity index is 458. The van der Waals surface area contributed by atoms with E-state index in [-0.39, 0.29) is 6.04 Å². The van der Waals surface area contributed by atoms with Gasteiger partial charge in [-0.3, -0.25) is 4.90 Å². The zero-order chi connectivity index (χ0) is 15.4. The molecule has 0 aliphatic heterocycles. The first kappa shape index (κ1) is 16.4. The van der Waals surface area contributed by atoms with Crippen molar-refractivity contribution in [1.29, 1.82) is 0 Å². The van der Waals surface area contributed by atoms with Crippen molar-refractivity contribution < 1.29 is 8.78 Å². The van der Waals surface area contributed by atoms with Crippen LogP contribution in [0.5, 0.6) is 0 Å². The minimum absolute atomic E-state index is 0.174. The lowest BCUT2D eigenvalue weighted by atomic mass is 10.0. The summed E-state index contributed by atoms with van der Waals surface area (Å²) in [6.45, 7) is 8.81. The molecule has 4 heteroatoms. The van der Waals surface area contributed by atoms with Gasteiger partial charge in [-0.25, -0.2) is 8.78 Å². The van der Waals surface area contributed by atoms with Crippen LogP contribution in [0.4, 0.5) is 8.78 Å². The Balaban J connectivity index is 2.14. The number of hydrogen-bond acceptors (Lipinski definition) is 2. The van der Waals surface area contributed by atoms with Crippen molar-refractivity contribution in [3.05, 3.63) is 35.4 Å². The number of halogens is 2. The zero-order valence-electron chi connectivity index (χ0n) is 13.2. The molecular formula is C17H26F2N2. The summed E-state index contributed by atoms with van der Waals surface area (Å²) in [4.78, 5) is 2.37. The van der Waals surface area contributed by atoms with E-state index in [0.29, 0.717) is 18.2 Å². The van der Waals surface area contributed by atoms with Crippen LogP contribution in [0.15, 0.2) is 18.2 Å². The van der Waals surface area contributed by atoms with Crippen LogP contribution in [0.2, 0.25) is 0 Å². The third kappa shape index (κ3) is 4.48. The zero-order valence-corrected chi connectivity index (χ0v) is 13.2. The van der Waals surface area contributed by atoms with Crippen LogP contribution in [0.25, 0.3) is 0 Å². The molecule has 0 aromatic heterocycles. The molecule has 1 aliphatic carbocycles. The van der Waals surface area contributed by atoms with Crippen molar-refractivity contribution in [2.24, 2.45) is 5.92 Å². The lowest BCUT2D eigenvalue weighted by Gasteiger charge is -2.31. The van der Waals surface area contributed by atoms with E-state index in [1.807, 2.05) is 6.92 Å². The van der Waals surface area contributed by atoms with Crippen LogP contribution in [0, 0.1) is 17.6 Å². The summed E-state index contributed by atoms with van der Waals surface area (Å²) in [6.07, 6.45) is 2.59. The fourth-order valence-corrected chi connectivity index (χ4v) is 2.67. The Morgan fingerprint density at radius 1 is 1.29 bits per heavy atom. The summed E-state index contributed by atoms with van der Waals surface area (Å²) in [6, 6.07) is 4.67. The van der Waals surface area contributed by atoms with Crippen molar-refractivity contribution in [3.63, 3.8) is 0 Å². The average Bonchev–Trinajstić information content (AvgIpc) is 3.24. The van der Waals surface area contributed by atoms with Crippen molar-refractivity contribution in [2.75, 3.05) is 19.6 Å². The van der Waals surface area contributed by atoms with Gasteiger partial charge in [0.25, 0.3) is 0 Å². The fraction of sp³-hybridized carbons (Fsp3) is 0.647. The molecule has 0 saturated heterocycles. The molecule has 21 heavy (non-hydrogen) atoms. The molecule has 2 rings (SSSR count). The first-order chi connectivity index (χ1) is 10.0. The SMILES string of the molecule is CCNC(CN(CC1CC1)C(C)C)c1cccc(F)c1F. The van der Waals surface area contributed by atoms with Gasteiger partial charge in [-0.2, -0.15) is 0 Å². The van der Waals surface area contributed by atoms with Crippen LogP contribution in [-0.4, -0.2) is 30.6 Å². The maximum Gasteiger partial charge on any atom is 0.163 e. The second-order valence-corrected chi connectivity index (χ2v) is 6.24. The van der Waals surface area contributed by atoms with Crippen molar-refractivity contribution in [1.82, 2.24) is 10.2 Å². The largest absolute Gasteiger partial charge is 0.309 e. The Morgan fingerprint density at radius 2 is 2.00 bits per heavy atom. The second kappa shape index (κ2) is 7.32. The Hall–Kier alpha value is -1.00. The number of rotatable bonds is 8. The second-order valence-electron chi connectivity index (χ2n) is 6.24. The minimum Gasteiger partial charge on any atom is -0.309 e. The minimum atomic E-state index is -0.770. The number of hydrogen-bond donors (Lipinski definition) is 1. The molecule has 0 heterocycles. The first-order valence-electron chi connectivity index (χ1n) is 7.94. The first-order valence-corrected chi connectivity index (χ1v) is 7.94. The monoisotopic (exact) mass is 296 g/mol. The van der Waals surface area contributed by atoms with Gasteiger partial charge >= 0.3 is 0 Å². The molecule has 0 amide bonds. The molecule has 1 aromatic rings. The van der Waals surface area contributed by atoms with Gasteiger partial charge in [-0.15, -0.1) is 0 Å². The molecular weight excluding hydrogens is 270 g/mol. The highest BCUT2D eigenvalue weighted by atomic mass is 19.2. The summed E-state index contributed by atoms with van der Waals surface area (Å²) < 4.78 is 27.5. The molecule has 1 atom stereocenters. The molecule has 2 nitrogen and oxygen atoms in total. The molecule has 0 bridgehead atoms. The van der Waals surface area contributed by atoms with Crippen LogP contribution in [-0.2, 0) is 0 Å². The highest BCUT2D eigenvalue weighted by Gasteiger charge is 2.28. The molecule has 1 unspecified atom stereocenters. The van der Waals surface area contributed by atoms with Gasteiger partial charge in [0.05, 0.1) is 0 Å². The molecule has 1 N–H and O–H groups in total. The van der Waals surface area contributed by atoms with E-state index in [1.54, 1.807) is 12.1 Å². The molecule has 0 spiro atoms. The van der Waals surface area contributed by atoms with Crippen molar-refractivity contribution >= 4 is 0 Å². The van der Waals surface area contributed by atoms with Gasteiger partial charge in [-0.1, -0.05) is 19.1 Å². The number of benzene rings is 1. The normalized spacial score (nSPS) is 16.7. The van der Waals surface area contributed by atoms with Crippen LogP contribution in [0.1, 0.15) is 45.2 Å². The van der Waals surface area contributed by atoms with Crippen LogP contribution < -0.4 is 5.32 Å². The van der Waals surface area contributed by atoms with Crippen molar-refractivity contribution in [3.8, 4) is 0 Å². The highest BCUT2D eigenvalue weighted by molar-refractivity contribution is 5.23. The summed E-state index contributed by atoms with van der Waals surface area (Å²) in [5.74, 6) is -0.709. The standard InChI is InChI=1S/C17H26F2N2/c1-4-20-16(14-6-5-7-15(18)17(14)19)11-21(12(2)3)10-13-8-9-13/h5-7,12-13,16,20H,4,8-11H2,1-3H3. The number of likely N-dealkylation sites (N-methyl/N-ethyl adjacent to an activating group) is 1. The van der Waals surface area contributed by atoms with Crippen molar-refractivity contribution in [2.45, 2.75) is 45.7 Å². The van der Waals surface area contributed by atoms with Crippen LogP contribution in [0.3, 0.4) is 0 Å². The molecule has 1 fully saturated rings. The lowest BCUT2D eigenvalue weighted by molar-refractivity contribution is 0.188. The van der Waals surface area contributed by atoms with Gasteiger partial charge in [-0.05, 0) is 45.2 Å². The van der Waals surface area contributed by atoms with Gasteiger partial charge in [0, 0.05) is 30.7 Å². The third-order valence-electron chi connectivity index (χ3n) is 4.14. The van der Waals surface area contributed by atoms with E-state index < -0.39 is 11.6 Å². The number of nitrogens with one attached hydrogen (secondary N) is 1. The van der Waals surface area contributed by atoms with E-state index >= 15 is 0 Å². The average molecular weight is 296 g/mol. The fourth-order valence-electron chi connectivity index (χ4n) is 2.67. The van der Waals surface area contributed by atoms with E-state index in [2.05, 4.69) is 24.1 Å². The van der Waals surface area contributed by atoms with E-state index in [1.165, 1.54) is 18.9 Å². The van der Waals surface area contributed by atoms with Gasteiger partial charge in [0.2, 0.25) is 0 Å². The summed E-state index contributed by atoms with van der Waals surface area (Å²) in [5, 5.41) is 3.30. The highest BCUT2D eigenvalue weighted by Crippen LogP contribution is 2.31. The topological polar surface area (TPSA) is 15.3 Å². The lowest BCUT2D eigenvalue weighted by Crippen LogP contribution is -2.40. The Labute approximate surface area is 126 Å².